The topological polar surface area (TPSA) is 25.8 Å². The average molecular weight is 780 g/mol. The Morgan fingerprint density at radius 3 is 0.867 bits per heavy atom. The van der Waals surface area contributed by atoms with Crippen molar-refractivity contribution in [2.75, 3.05) is 0 Å². The van der Waals surface area contributed by atoms with E-state index in [-0.39, 0.29) is 53.6 Å². The van der Waals surface area contributed by atoms with Gasteiger partial charge in [-0.2, -0.15) is 69.8 Å². The van der Waals surface area contributed by atoms with Gasteiger partial charge in [-0.25, -0.2) is 0 Å². The van der Waals surface area contributed by atoms with E-state index in [1.165, 1.54) is 11.1 Å². The molecule has 0 radical (unpaired) electrons. The van der Waals surface area contributed by atoms with Gasteiger partial charge in [0.25, 0.3) is 0 Å². The maximum atomic E-state index is 5.44. The Hall–Kier alpha value is -2.57. The minimum Gasteiger partial charge on any atom is -0.256 e. The summed E-state index contributed by atoms with van der Waals surface area (Å²) in [5.41, 5.74) is 9.91. The molecule has 1 aliphatic rings. The summed E-state index contributed by atoms with van der Waals surface area (Å²) in [7, 11) is 0. The summed E-state index contributed by atoms with van der Waals surface area (Å²) in [5.74, 6) is 0. The average Bonchev–Trinajstić information content (AvgIpc) is 2.95. The second-order valence-corrected chi connectivity index (χ2v) is 17.2. The smallest absolute Gasteiger partial charge is 0.256 e. The Morgan fingerprint density at radius 1 is 0.444 bits per heavy atom. The Balaban J connectivity index is 0.00000461. The predicted octanol–water partition coefficient (Wildman–Crippen LogP) is 10.3. The van der Waals surface area contributed by atoms with E-state index in [1.807, 2.05) is 0 Å². The van der Waals surface area contributed by atoms with Crippen LogP contribution in [0.1, 0.15) is 153 Å². The van der Waals surface area contributed by atoms with Crippen molar-refractivity contribution in [3.8, 4) is 0 Å². The standard InChI is InChI=1S/C42H52N2.Pt/c1-37(2,3)27-21-29-25-30(22-27)40(9,10)34-18-16-20-36(44-34)42(13,14)32-24-28(38(4,5)6)23-31(26-32)41(11,12)35-19-15-17-33(43-35)39(29,7)8;/h15-24H,1-14H3;/q-2;+2. The first-order valence-corrected chi connectivity index (χ1v) is 16.2. The zero-order valence-corrected chi connectivity index (χ0v) is 32.3. The third-order valence-electron chi connectivity index (χ3n) is 10.2. The second-order valence-electron chi connectivity index (χ2n) is 17.2. The van der Waals surface area contributed by atoms with Gasteiger partial charge in [-0.1, -0.05) is 109 Å². The van der Waals surface area contributed by atoms with Crippen molar-refractivity contribution >= 4 is 0 Å². The molecule has 0 N–H and O–H groups in total. The van der Waals surface area contributed by atoms with Gasteiger partial charge in [0, 0.05) is 44.4 Å². The number of aromatic nitrogens is 2. The van der Waals surface area contributed by atoms with Gasteiger partial charge in [-0.15, -0.1) is 0 Å². The van der Waals surface area contributed by atoms with Crippen LogP contribution in [0.2, 0.25) is 0 Å². The molecule has 5 rings (SSSR count). The molecule has 240 valence electrons. The van der Waals surface area contributed by atoms with Crippen molar-refractivity contribution < 1.29 is 21.1 Å². The van der Waals surface area contributed by atoms with Crippen LogP contribution in [0.15, 0.2) is 60.7 Å². The van der Waals surface area contributed by atoms with Gasteiger partial charge < -0.3 is 0 Å². The van der Waals surface area contributed by atoms with Gasteiger partial charge in [0.2, 0.25) is 0 Å². The van der Waals surface area contributed by atoms with Gasteiger partial charge in [0.1, 0.15) is 0 Å². The van der Waals surface area contributed by atoms with Crippen molar-refractivity contribution in [1.29, 1.82) is 0 Å². The van der Waals surface area contributed by atoms with Gasteiger partial charge in [0.15, 0.2) is 0 Å². The monoisotopic (exact) mass is 779 g/mol. The third-order valence-corrected chi connectivity index (χ3v) is 10.2. The summed E-state index contributed by atoms with van der Waals surface area (Å²) < 4.78 is 0. The first-order chi connectivity index (χ1) is 20.1. The number of benzene rings is 2. The molecule has 0 saturated carbocycles. The number of rotatable bonds is 0. The molecule has 0 aliphatic carbocycles. The fraction of sp³-hybridized carbons (Fsp3) is 0.476. The van der Waals surface area contributed by atoms with Gasteiger partial charge in [-0.3, -0.25) is 9.97 Å². The zero-order chi connectivity index (χ0) is 32.7. The van der Waals surface area contributed by atoms with Crippen molar-refractivity contribution in [1.82, 2.24) is 9.97 Å². The minimum atomic E-state index is -0.366. The van der Waals surface area contributed by atoms with Crippen LogP contribution in [0.3, 0.4) is 0 Å². The van der Waals surface area contributed by atoms with Gasteiger partial charge in [0.05, 0.1) is 0 Å². The molecule has 8 bridgehead atoms. The van der Waals surface area contributed by atoms with E-state index in [0.717, 1.165) is 45.0 Å². The summed E-state index contributed by atoms with van der Waals surface area (Å²) in [4.78, 5) is 10.9. The van der Waals surface area contributed by atoms with Gasteiger partial charge in [-0.05, 0) is 35.1 Å². The molecule has 0 atom stereocenters. The molecule has 0 unspecified atom stereocenters. The fourth-order valence-corrected chi connectivity index (χ4v) is 6.17. The van der Waals surface area contributed by atoms with E-state index >= 15 is 0 Å². The van der Waals surface area contributed by atoms with Gasteiger partial charge >= 0.3 is 21.1 Å². The zero-order valence-electron chi connectivity index (χ0n) is 30.0. The maximum Gasteiger partial charge on any atom is 2.00 e. The van der Waals surface area contributed by atoms with Crippen LogP contribution in [0.4, 0.5) is 0 Å². The molecule has 0 spiro atoms. The number of nitrogens with zero attached hydrogens (tertiary/aromatic N) is 2. The predicted molar refractivity (Wildman–Crippen MR) is 185 cm³/mol. The minimum absolute atomic E-state index is 0. The van der Waals surface area contributed by atoms with Crippen LogP contribution in [-0.2, 0) is 53.6 Å². The summed E-state index contributed by atoms with van der Waals surface area (Å²) in [5, 5.41) is 0. The van der Waals surface area contributed by atoms with Crippen molar-refractivity contribution in [3.63, 3.8) is 0 Å². The molecule has 2 aromatic heterocycles. The molecule has 4 aromatic rings. The number of hydrogen-bond donors (Lipinski definition) is 0. The van der Waals surface area contributed by atoms with Crippen LogP contribution >= 0.6 is 0 Å². The normalized spacial score (nSPS) is 18.1. The molecule has 45 heavy (non-hydrogen) atoms. The summed E-state index contributed by atoms with van der Waals surface area (Å²) in [6.07, 6.45) is 0. The van der Waals surface area contributed by atoms with E-state index in [0.29, 0.717) is 0 Å². The van der Waals surface area contributed by atoms with E-state index in [1.54, 1.807) is 0 Å². The van der Waals surface area contributed by atoms with Crippen LogP contribution in [0.25, 0.3) is 0 Å². The molecule has 0 saturated heterocycles. The van der Waals surface area contributed by atoms with Crippen LogP contribution in [-0.4, -0.2) is 9.97 Å². The second kappa shape index (κ2) is 11.3. The first-order valence-electron chi connectivity index (χ1n) is 16.2. The van der Waals surface area contributed by atoms with Crippen molar-refractivity contribution in [2.24, 2.45) is 0 Å². The molecule has 0 fully saturated rings. The Labute approximate surface area is 288 Å². The summed E-state index contributed by atoms with van der Waals surface area (Å²) in [6.45, 7) is 32.1. The summed E-state index contributed by atoms with van der Waals surface area (Å²) >= 11 is 0. The van der Waals surface area contributed by atoms with Crippen LogP contribution < -0.4 is 0 Å². The summed E-state index contributed by atoms with van der Waals surface area (Å²) in [6, 6.07) is 30.3. The Bertz CT molecular complexity index is 1500. The first kappa shape index (κ1) is 35.3. The van der Waals surface area contributed by atoms with Crippen LogP contribution in [0, 0.1) is 12.1 Å². The Morgan fingerprint density at radius 2 is 0.667 bits per heavy atom. The Kier molecular flexibility index (Phi) is 8.86. The molecule has 3 heterocycles. The molecule has 1 aliphatic heterocycles. The number of hydrogen-bond acceptors (Lipinski definition) is 2. The maximum absolute atomic E-state index is 5.44. The third kappa shape index (κ3) is 6.26. The molecule has 2 nitrogen and oxygen atoms in total. The van der Waals surface area contributed by atoms with E-state index in [2.05, 4.69) is 170 Å². The van der Waals surface area contributed by atoms with Crippen LogP contribution in [0.5, 0.6) is 0 Å². The quantitative estimate of drug-likeness (QED) is 0.166. The largest absolute Gasteiger partial charge is 2.00 e. The molecule has 3 heteroatoms. The SMILES string of the molecule is CC(C)(C)c1cc2[c-]c(c1)C(C)(C)c1cccc(n1)C(C)(C)c1[c-]c(cc(C(C)(C)C)c1)C(C)(C)c1cccc(n1)C2(C)C.[Pt+2]. The molecular weight excluding hydrogens is 728 g/mol. The van der Waals surface area contributed by atoms with Crippen molar-refractivity contribution in [2.45, 2.75) is 129 Å². The van der Waals surface area contributed by atoms with E-state index in [4.69, 9.17) is 9.97 Å². The number of fused-ring (bicyclic) bond motifs is 8. The number of pyridine rings is 2. The fourth-order valence-electron chi connectivity index (χ4n) is 6.17. The molecule has 0 amide bonds. The van der Waals surface area contributed by atoms with Crippen molar-refractivity contribution in [3.05, 3.63) is 129 Å². The van der Waals surface area contributed by atoms with E-state index in [9.17, 15) is 0 Å². The molecular formula is C42H52N2Pt. The van der Waals surface area contributed by atoms with E-state index < -0.39 is 0 Å². The molecule has 2 aromatic carbocycles.